The van der Waals surface area contributed by atoms with Crippen molar-refractivity contribution in [1.82, 2.24) is 20.9 Å². The van der Waals surface area contributed by atoms with Crippen molar-refractivity contribution >= 4 is 53.2 Å². The fourth-order valence-corrected chi connectivity index (χ4v) is 4.03. The van der Waals surface area contributed by atoms with Gasteiger partial charge in [-0.2, -0.15) is 12.6 Å². The summed E-state index contributed by atoms with van der Waals surface area (Å²) in [5.74, 6) is -5.31. The first-order chi connectivity index (χ1) is 18.1. The lowest BCUT2D eigenvalue weighted by Crippen LogP contribution is -2.57. The lowest BCUT2D eigenvalue weighted by atomic mass is 10.0. The average molecular weight is 551 g/mol. The highest BCUT2D eigenvalue weighted by Crippen LogP contribution is 2.18. The molecule has 0 fully saturated rings. The molecule has 1 heterocycles. The molecule has 0 aliphatic carbocycles. The van der Waals surface area contributed by atoms with E-state index < -0.39 is 60.2 Å². The van der Waals surface area contributed by atoms with E-state index in [0.29, 0.717) is 19.4 Å². The number of unbranched alkanes of at least 4 members (excludes halogenated alkanes) is 1. The molecule has 14 heteroatoms. The van der Waals surface area contributed by atoms with Gasteiger partial charge in [0, 0.05) is 22.9 Å². The first-order valence-electron chi connectivity index (χ1n) is 12.0. The third-order valence-electron chi connectivity index (χ3n) is 5.84. The Hall–Kier alpha value is -3.62. The summed E-state index contributed by atoms with van der Waals surface area (Å²) in [7, 11) is 0. The summed E-state index contributed by atoms with van der Waals surface area (Å²) < 4.78 is 0. The minimum Gasteiger partial charge on any atom is -0.481 e. The number of aromatic nitrogens is 1. The molecule has 1 aromatic heterocycles. The highest BCUT2D eigenvalue weighted by molar-refractivity contribution is 7.80. The van der Waals surface area contributed by atoms with Crippen molar-refractivity contribution in [2.45, 2.75) is 56.3 Å². The SMILES string of the molecule is NCCCCC(NC(=O)C(CC(=O)O)NC(=O)C(N)Cc1c[nH]c2ccccc12)C(=O)NC(CS)C(=O)O. The number of nitrogens with two attached hydrogens (primary N) is 2. The molecular formula is C24H34N6O7S. The molecule has 0 saturated heterocycles. The number of hydrogen-bond donors (Lipinski definition) is 9. The van der Waals surface area contributed by atoms with Gasteiger partial charge in [0.1, 0.15) is 18.1 Å². The van der Waals surface area contributed by atoms with Crippen molar-refractivity contribution in [2.24, 2.45) is 11.5 Å². The number of H-pyrrole nitrogens is 1. The molecular weight excluding hydrogens is 516 g/mol. The standard InChI is InChI=1S/C24H34N6O7S/c25-8-4-3-7-17(22(34)30-19(12-38)24(36)37)28-23(35)18(10-20(31)32)29-21(33)15(26)9-13-11-27-16-6-2-1-5-14(13)16/h1-2,5-6,11,15,17-19,27,38H,3-4,7-10,12,25-26H2,(H,28,35)(H,29,33)(H,30,34)(H,31,32)(H,36,37). The number of amides is 3. The number of carbonyl (C=O) groups excluding carboxylic acids is 3. The van der Waals surface area contributed by atoms with Crippen molar-refractivity contribution in [3.8, 4) is 0 Å². The van der Waals surface area contributed by atoms with Crippen molar-refractivity contribution in [3.63, 3.8) is 0 Å². The zero-order valence-electron chi connectivity index (χ0n) is 20.7. The number of nitrogens with one attached hydrogen (secondary N) is 4. The van der Waals surface area contributed by atoms with Gasteiger partial charge in [0.25, 0.3) is 0 Å². The summed E-state index contributed by atoms with van der Waals surface area (Å²) in [6.45, 7) is 0.336. The van der Waals surface area contributed by atoms with Gasteiger partial charge in [-0.05, 0) is 43.9 Å². The van der Waals surface area contributed by atoms with Crippen LogP contribution in [-0.2, 0) is 30.4 Å². The van der Waals surface area contributed by atoms with E-state index in [-0.39, 0.29) is 18.6 Å². The third-order valence-corrected chi connectivity index (χ3v) is 6.21. The first kappa shape index (κ1) is 30.6. The summed E-state index contributed by atoms with van der Waals surface area (Å²) in [4.78, 5) is 64.3. The van der Waals surface area contributed by atoms with Gasteiger partial charge in [0.2, 0.25) is 17.7 Å². The molecule has 10 N–H and O–H groups in total. The second kappa shape index (κ2) is 15.0. The third kappa shape index (κ3) is 9.04. The van der Waals surface area contributed by atoms with Crippen LogP contribution in [0.25, 0.3) is 10.9 Å². The normalized spacial score (nSPS) is 14.2. The number of aliphatic carboxylic acids is 2. The van der Waals surface area contributed by atoms with Gasteiger partial charge in [-0.3, -0.25) is 19.2 Å². The number of thiol groups is 1. The van der Waals surface area contributed by atoms with E-state index in [0.717, 1.165) is 16.5 Å². The molecule has 4 atom stereocenters. The van der Waals surface area contributed by atoms with Crippen LogP contribution in [0.15, 0.2) is 30.5 Å². The Bertz CT molecular complexity index is 1140. The molecule has 0 saturated carbocycles. The number of benzene rings is 1. The molecule has 3 amide bonds. The van der Waals surface area contributed by atoms with E-state index in [4.69, 9.17) is 11.5 Å². The molecule has 0 aliphatic rings. The molecule has 1 aromatic carbocycles. The lowest BCUT2D eigenvalue weighted by Gasteiger charge is -2.24. The molecule has 4 unspecified atom stereocenters. The number of carboxylic acid groups (broad SMARTS) is 2. The summed E-state index contributed by atoms with van der Waals surface area (Å²) in [6.07, 6.45) is 2.16. The van der Waals surface area contributed by atoms with Crippen LogP contribution in [0.3, 0.4) is 0 Å². The zero-order chi connectivity index (χ0) is 28.2. The van der Waals surface area contributed by atoms with E-state index in [9.17, 15) is 34.2 Å². The number of aromatic amines is 1. The van der Waals surface area contributed by atoms with E-state index >= 15 is 0 Å². The summed E-state index contributed by atoms with van der Waals surface area (Å²) >= 11 is 3.91. The number of para-hydroxylation sites is 1. The summed E-state index contributed by atoms with van der Waals surface area (Å²) in [6, 6.07) is 2.33. The van der Waals surface area contributed by atoms with Crippen molar-refractivity contribution in [1.29, 1.82) is 0 Å². The maximum Gasteiger partial charge on any atom is 0.327 e. The second-order valence-corrected chi connectivity index (χ2v) is 9.12. The fraction of sp³-hybridized carbons (Fsp3) is 0.458. The minimum absolute atomic E-state index is 0.113. The van der Waals surface area contributed by atoms with Crippen LogP contribution in [-0.4, -0.2) is 81.3 Å². The van der Waals surface area contributed by atoms with Gasteiger partial charge in [0.05, 0.1) is 12.5 Å². The van der Waals surface area contributed by atoms with Crippen molar-refractivity contribution in [3.05, 3.63) is 36.0 Å². The van der Waals surface area contributed by atoms with Gasteiger partial charge in [-0.15, -0.1) is 0 Å². The largest absolute Gasteiger partial charge is 0.481 e. The minimum atomic E-state index is -1.53. The van der Waals surface area contributed by atoms with E-state index in [1.807, 2.05) is 24.3 Å². The Balaban J connectivity index is 2.12. The van der Waals surface area contributed by atoms with Gasteiger partial charge >= 0.3 is 11.9 Å². The molecule has 208 valence electrons. The number of carboxylic acids is 2. The number of carbonyl (C=O) groups is 5. The molecule has 2 rings (SSSR count). The first-order valence-corrected chi connectivity index (χ1v) is 12.7. The van der Waals surface area contributed by atoms with Crippen LogP contribution in [0.1, 0.15) is 31.2 Å². The highest BCUT2D eigenvalue weighted by Gasteiger charge is 2.31. The monoisotopic (exact) mass is 550 g/mol. The highest BCUT2D eigenvalue weighted by atomic mass is 32.1. The Kier molecular flexibility index (Phi) is 12.0. The number of rotatable bonds is 16. The zero-order valence-corrected chi connectivity index (χ0v) is 21.6. The van der Waals surface area contributed by atoms with Crippen LogP contribution in [0.5, 0.6) is 0 Å². The molecule has 0 spiro atoms. The van der Waals surface area contributed by atoms with Gasteiger partial charge < -0.3 is 42.6 Å². The van der Waals surface area contributed by atoms with Crippen LogP contribution in [0.2, 0.25) is 0 Å². The van der Waals surface area contributed by atoms with Gasteiger partial charge in [-0.1, -0.05) is 18.2 Å². The Morgan fingerprint density at radius 3 is 2.18 bits per heavy atom. The maximum absolute atomic E-state index is 13.0. The number of hydrogen-bond acceptors (Lipinski definition) is 8. The fourth-order valence-electron chi connectivity index (χ4n) is 3.78. The van der Waals surface area contributed by atoms with Gasteiger partial charge in [0.15, 0.2) is 0 Å². The van der Waals surface area contributed by atoms with Crippen molar-refractivity contribution in [2.75, 3.05) is 12.3 Å². The summed E-state index contributed by atoms with van der Waals surface area (Å²) in [5.41, 5.74) is 13.2. The molecule has 13 nitrogen and oxygen atoms in total. The van der Waals surface area contributed by atoms with Gasteiger partial charge in [-0.25, -0.2) is 4.79 Å². The predicted molar refractivity (Wildman–Crippen MR) is 142 cm³/mol. The van der Waals surface area contributed by atoms with Crippen molar-refractivity contribution < 1.29 is 34.2 Å². The summed E-state index contributed by atoms with van der Waals surface area (Å²) in [5, 5.41) is 26.5. The smallest absolute Gasteiger partial charge is 0.327 e. The molecule has 2 aromatic rings. The van der Waals surface area contributed by atoms with Crippen LogP contribution in [0.4, 0.5) is 0 Å². The predicted octanol–water partition coefficient (Wildman–Crippen LogP) is -0.890. The van der Waals surface area contributed by atoms with E-state index in [2.05, 4.69) is 33.6 Å². The quantitative estimate of drug-likeness (QED) is 0.0931. The Morgan fingerprint density at radius 2 is 1.55 bits per heavy atom. The Labute approximate surface area is 224 Å². The average Bonchev–Trinajstić information content (AvgIpc) is 3.28. The van der Waals surface area contributed by atoms with E-state index in [1.165, 1.54) is 0 Å². The van der Waals surface area contributed by atoms with Crippen LogP contribution >= 0.6 is 12.6 Å². The van der Waals surface area contributed by atoms with Crippen LogP contribution in [0, 0.1) is 0 Å². The number of fused-ring (bicyclic) bond motifs is 1. The molecule has 0 radical (unpaired) electrons. The Morgan fingerprint density at radius 1 is 0.921 bits per heavy atom. The molecule has 0 aliphatic heterocycles. The van der Waals surface area contributed by atoms with Crippen LogP contribution < -0.4 is 27.4 Å². The lowest BCUT2D eigenvalue weighted by molar-refractivity contribution is -0.142. The molecule has 0 bridgehead atoms. The second-order valence-electron chi connectivity index (χ2n) is 8.76. The molecule has 38 heavy (non-hydrogen) atoms. The van der Waals surface area contributed by atoms with E-state index in [1.54, 1.807) is 6.20 Å². The maximum atomic E-state index is 13.0. The topological polar surface area (TPSA) is 230 Å².